The van der Waals surface area contributed by atoms with Crippen molar-refractivity contribution in [2.45, 2.75) is 13.0 Å². The molecule has 1 aromatic carbocycles. The number of pyridine rings is 1. The quantitative estimate of drug-likeness (QED) is 0.529. The highest BCUT2D eigenvalue weighted by Crippen LogP contribution is 2.22. The van der Waals surface area contributed by atoms with E-state index in [2.05, 4.69) is 9.72 Å². The van der Waals surface area contributed by atoms with Gasteiger partial charge in [0.1, 0.15) is 6.54 Å². The number of hydrogen-bond acceptors (Lipinski definition) is 6. The highest BCUT2D eigenvalue weighted by atomic mass is 16.5. The van der Waals surface area contributed by atoms with Crippen LogP contribution in [0.1, 0.15) is 32.7 Å². The molecule has 0 radical (unpaired) electrons. The second-order valence-corrected chi connectivity index (χ2v) is 6.24. The summed E-state index contributed by atoms with van der Waals surface area (Å²) in [5.41, 5.74) is 1.39. The molecule has 0 aliphatic carbocycles. The number of rotatable bonds is 7. The van der Waals surface area contributed by atoms with Crippen LogP contribution in [0.15, 0.2) is 48.8 Å². The molecule has 0 bridgehead atoms. The van der Waals surface area contributed by atoms with E-state index in [1.807, 2.05) is 0 Å². The molecule has 0 saturated carbocycles. The Morgan fingerprint density at radius 2 is 1.64 bits per heavy atom. The third kappa shape index (κ3) is 4.06. The van der Waals surface area contributed by atoms with Gasteiger partial charge in [0, 0.05) is 25.5 Å². The van der Waals surface area contributed by atoms with Crippen molar-refractivity contribution in [2.75, 3.05) is 20.2 Å². The van der Waals surface area contributed by atoms with Crippen molar-refractivity contribution in [2.24, 2.45) is 0 Å². The monoisotopic (exact) mass is 381 g/mol. The molecule has 0 N–H and O–H groups in total. The molecular weight excluding hydrogens is 362 g/mol. The lowest BCUT2D eigenvalue weighted by Crippen LogP contribution is -2.43. The first kappa shape index (κ1) is 19.2. The summed E-state index contributed by atoms with van der Waals surface area (Å²) in [6.45, 7) is -0.0584. The number of carbonyl (C=O) groups excluding carboxylic acids is 4. The van der Waals surface area contributed by atoms with Gasteiger partial charge in [0.25, 0.3) is 11.8 Å². The summed E-state index contributed by atoms with van der Waals surface area (Å²) in [4.78, 5) is 55.6. The standard InChI is InChI=1S/C20H19N3O5/c1-28-18(25)8-11-22(12-14-6-9-21-10-7-14)17(24)13-23-19(26)15-4-2-3-5-16(15)20(23)27/h2-7,9-10H,8,11-13H2,1H3. The van der Waals surface area contributed by atoms with Crippen LogP contribution in [0, 0.1) is 0 Å². The van der Waals surface area contributed by atoms with Gasteiger partial charge in [-0.3, -0.25) is 29.1 Å². The Morgan fingerprint density at radius 1 is 1.04 bits per heavy atom. The number of aromatic nitrogens is 1. The Balaban J connectivity index is 1.74. The van der Waals surface area contributed by atoms with Crippen LogP contribution < -0.4 is 0 Å². The third-order valence-electron chi connectivity index (χ3n) is 4.46. The van der Waals surface area contributed by atoms with Gasteiger partial charge in [-0.25, -0.2) is 0 Å². The van der Waals surface area contributed by atoms with Crippen molar-refractivity contribution < 1.29 is 23.9 Å². The second kappa shape index (κ2) is 8.43. The summed E-state index contributed by atoms with van der Waals surface area (Å²) in [5.74, 6) is -1.87. The predicted molar refractivity (Wildman–Crippen MR) is 98.1 cm³/mol. The van der Waals surface area contributed by atoms with Gasteiger partial charge < -0.3 is 9.64 Å². The van der Waals surface area contributed by atoms with E-state index in [4.69, 9.17) is 0 Å². The fourth-order valence-corrected chi connectivity index (χ4v) is 2.95. The van der Waals surface area contributed by atoms with Crippen molar-refractivity contribution in [3.63, 3.8) is 0 Å². The Bertz CT molecular complexity index is 878. The third-order valence-corrected chi connectivity index (χ3v) is 4.46. The lowest BCUT2D eigenvalue weighted by atomic mass is 10.1. The molecule has 144 valence electrons. The zero-order chi connectivity index (χ0) is 20.1. The summed E-state index contributed by atoms with van der Waals surface area (Å²) in [7, 11) is 1.27. The first-order valence-electron chi connectivity index (χ1n) is 8.70. The van der Waals surface area contributed by atoms with Crippen LogP contribution in [0.3, 0.4) is 0 Å². The maximum absolute atomic E-state index is 12.9. The zero-order valence-corrected chi connectivity index (χ0v) is 15.3. The van der Waals surface area contributed by atoms with E-state index < -0.39 is 30.2 Å². The normalized spacial score (nSPS) is 12.7. The maximum atomic E-state index is 12.9. The van der Waals surface area contributed by atoms with Crippen molar-refractivity contribution in [3.8, 4) is 0 Å². The summed E-state index contributed by atoms with van der Waals surface area (Å²) in [6.07, 6.45) is 3.21. The number of carbonyl (C=O) groups is 4. The number of nitrogens with zero attached hydrogens (tertiary/aromatic N) is 3. The number of ether oxygens (including phenoxy) is 1. The van der Waals surface area contributed by atoms with E-state index in [9.17, 15) is 19.2 Å². The minimum atomic E-state index is -0.495. The molecule has 2 heterocycles. The fourth-order valence-electron chi connectivity index (χ4n) is 2.95. The molecule has 0 atom stereocenters. The Labute approximate surface area is 161 Å². The summed E-state index contributed by atoms with van der Waals surface area (Å²) >= 11 is 0. The molecule has 0 unspecified atom stereocenters. The SMILES string of the molecule is COC(=O)CCN(Cc1ccncc1)C(=O)CN1C(=O)c2ccccc2C1=O. The van der Waals surface area contributed by atoms with E-state index in [-0.39, 0.29) is 30.6 Å². The van der Waals surface area contributed by atoms with Gasteiger partial charge in [0.15, 0.2) is 0 Å². The van der Waals surface area contributed by atoms with Crippen molar-refractivity contribution in [1.29, 1.82) is 0 Å². The van der Waals surface area contributed by atoms with Crippen molar-refractivity contribution in [3.05, 3.63) is 65.5 Å². The number of benzene rings is 1. The molecule has 8 nitrogen and oxygen atoms in total. The fraction of sp³-hybridized carbons (Fsp3) is 0.250. The van der Waals surface area contributed by atoms with Gasteiger partial charge in [0.05, 0.1) is 24.7 Å². The highest BCUT2D eigenvalue weighted by molar-refractivity contribution is 6.22. The molecule has 28 heavy (non-hydrogen) atoms. The second-order valence-electron chi connectivity index (χ2n) is 6.24. The Kier molecular flexibility index (Phi) is 5.78. The first-order valence-corrected chi connectivity index (χ1v) is 8.70. The van der Waals surface area contributed by atoms with E-state index in [1.165, 1.54) is 12.0 Å². The topological polar surface area (TPSA) is 96.9 Å². The minimum absolute atomic E-state index is 0.00937. The molecule has 2 aromatic rings. The summed E-state index contributed by atoms with van der Waals surface area (Å²) in [6, 6.07) is 9.96. The van der Waals surface area contributed by atoms with E-state index in [0.717, 1.165) is 10.5 Å². The lowest BCUT2D eigenvalue weighted by Gasteiger charge is -2.24. The van der Waals surface area contributed by atoms with Gasteiger partial charge >= 0.3 is 5.97 Å². The maximum Gasteiger partial charge on any atom is 0.307 e. The molecule has 0 fully saturated rings. The molecule has 1 aromatic heterocycles. The zero-order valence-electron chi connectivity index (χ0n) is 15.3. The average Bonchev–Trinajstić information content (AvgIpc) is 2.96. The molecule has 1 aliphatic heterocycles. The lowest BCUT2D eigenvalue weighted by molar-refractivity contribution is -0.142. The molecular formula is C20H19N3O5. The predicted octanol–water partition coefficient (Wildman–Crippen LogP) is 1.27. The molecule has 0 spiro atoms. The number of imide groups is 1. The van der Waals surface area contributed by atoms with Crippen LogP contribution in [0.4, 0.5) is 0 Å². The average molecular weight is 381 g/mol. The number of esters is 1. The highest BCUT2D eigenvalue weighted by Gasteiger charge is 2.37. The molecule has 1 aliphatic rings. The van der Waals surface area contributed by atoms with Crippen molar-refractivity contribution >= 4 is 23.7 Å². The van der Waals surface area contributed by atoms with Crippen LogP contribution >= 0.6 is 0 Å². The number of fused-ring (bicyclic) bond motifs is 1. The van der Waals surface area contributed by atoms with E-state index in [1.54, 1.807) is 48.8 Å². The molecule has 8 heteroatoms. The van der Waals surface area contributed by atoms with Gasteiger partial charge in [-0.2, -0.15) is 0 Å². The van der Waals surface area contributed by atoms with Crippen LogP contribution in [-0.2, 0) is 20.9 Å². The van der Waals surface area contributed by atoms with Crippen LogP contribution in [0.25, 0.3) is 0 Å². The Hall–Kier alpha value is -3.55. The van der Waals surface area contributed by atoms with Gasteiger partial charge in [-0.1, -0.05) is 12.1 Å². The van der Waals surface area contributed by atoms with Crippen molar-refractivity contribution in [1.82, 2.24) is 14.8 Å². The summed E-state index contributed by atoms with van der Waals surface area (Å²) < 4.78 is 4.63. The molecule has 3 rings (SSSR count). The van der Waals surface area contributed by atoms with Crippen LogP contribution in [0.5, 0.6) is 0 Å². The molecule has 0 saturated heterocycles. The van der Waals surface area contributed by atoms with Gasteiger partial charge in [0.2, 0.25) is 5.91 Å². The van der Waals surface area contributed by atoms with Crippen LogP contribution in [-0.4, -0.2) is 58.7 Å². The summed E-state index contributed by atoms with van der Waals surface area (Å²) in [5, 5.41) is 0. The first-order chi connectivity index (χ1) is 13.5. The van der Waals surface area contributed by atoms with Gasteiger partial charge in [-0.05, 0) is 29.8 Å². The smallest absolute Gasteiger partial charge is 0.307 e. The number of methoxy groups -OCH3 is 1. The molecule has 3 amide bonds. The number of hydrogen-bond donors (Lipinski definition) is 0. The van der Waals surface area contributed by atoms with Gasteiger partial charge in [-0.15, -0.1) is 0 Å². The minimum Gasteiger partial charge on any atom is -0.469 e. The van der Waals surface area contributed by atoms with Crippen LogP contribution in [0.2, 0.25) is 0 Å². The Morgan fingerprint density at radius 3 is 2.21 bits per heavy atom. The number of amides is 3. The van der Waals surface area contributed by atoms with E-state index >= 15 is 0 Å². The largest absolute Gasteiger partial charge is 0.469 e. The van der Waals surface area contributed by atoms with E-state index in [0.29, 0.717) is 0 Å².